The van der Waals surface area contributed by atoms with Crippen LogP contribution in [0.1, 0.15) is 36.8 Å². The predicted octanol–water partition coefficient (Wildman–Crippen LogP) is 6.31. The summed E-state index contributed by atoms with van der Waals surface area (Å²) in [6, 6.07) is 16.3. The van der Waals surface area contributed by atoms with Gasteiger partial charge in [0, 0.05) is 91.2 Å². The summed E-state index contributed by atoms with van der Waals surface area (Å²) in [5.41, 5.74) is 3.37. The zero-order valence-corrected chi connectivity index (χ0v) is 26.3. The Bertz CT molecular complexity index is 1520. The van der Waals surface area contributed by atoms with Gasteiger partial charge in [-0.2, -0.15) is 0 Å². The van der Waals surface area contributed by atoms with Crippen molar-refractivity contribution < 1.29 is 27.7 Å². The number of aromatic nitrogens is 2. The predicted molar refractivity (Wildman–Crippen MR) is 173 cm³/mol. The van der Waals surface area contributed by atoms with Crippen molar-refractivity contribution in [3.05, 3.63) is 83.6 Å². The summed E-state index contributed by atoms with van der Waals surface area (Å²) in [5, 5.41) is 7.09. The smallest absolute Gasteiger partial charge is 0.218 e. The summed E-state index contributed by atoms with van der Waals surface area (Å²) < 4.78 is 54.4. The highest BCUT2D eigenvalue weighted by Gasteiger charge is 2.21. The minimum absolute atomic E-state index is 0.109. The zero-order valence-electron chi connectivity index (χ0n) is 26.3. The van der Waals surface area contributed by atoms with Crippen LogP contribution in [0.25, 0.3) is 33.6 Å². The van der Waals surface area contributed by atoms with Gasteiger partial charge < -0.3 is 29.6 Å². The third kappa shape index (κ3) is 7.20. The lowest BCUT2D eigenvalue weighted by Gasteiger charge is -2.23. The highest BCUT2D eigenvalue weighted by Crippen LogP contribution is 2.36. The maximum atomic E-state index is 16.2. The lowest BCUT2D eigenvalue weighted by Crippen LogP contribution is -2.34. The average molecular weight is 631 g/mol. The number of hydrogen-bond acceptors (Lipinski definition) is 8. The van der Waals surface area contributed by atoms with Crippen molar-refractivity contribution in [3.63, 3.8) is 0 Å². The van der Waals surface area contributed by atoms with E-state index in [0.29, 0.717) is 48.1 Å². The van der Waals surface area contributed by atoms with E-state index < -0.39 is 11.6 Å². The molecule has 0 bridgehead atoms. The molecule has 4 aromatic rings. The molecule has 2 N–H and O–H groups in total. The van der Waals surface area contributed by atoms with Crippen LogP contribution in [0.4, 0.5) is 8.78 Å². The molecule has 0 unspecified atom stereocenters. The van der Waals surface area contributed by atoms with Gasteiger partial charge in [0.15, 0.2) is 5.82 Å². The molecule has 6 rings (SSSR count). The molecule has 242 valence electrons. The summed E-state index contributed by atoms with van der Waals surface area (Å²) >= 11 is 0. The van der Waals surface area contributed by atoms with Gasteiger partial charge in [-0.05, 0) is 49.9 Å². The maximum absolute atomic E-state index is 16.2. The number of nitrogens with zero attached hydrogens (tertiary/aromatic N) is 2. The van der Waals surface area contributed by atoms with Gasteiger partial charge in [-0.25, -0.2) is 13.8 Å². The van der Waals surface area contributed by atoms with Crippen LogP contribution >= 0.6 is 0 Å². The molecule has 2 fully saturated rings. The number of halogens is 2. The fraction of sp³-hybridized carbons (Fsp3) is 0.389. The number of hydrogen-bond donors (Lipinski definition) is 2. The van der Waals surface area contributed by atoms with Crippen molar-refractivity contribution in [2.45, 2.75) is 50.9 Å². The first-order valence-electron chi connectivity index (χ1n) is 15.8. The quantitative estimate of drug-likeness (QED) is 0.200. The van der Waals surface area contributed by atoms with Gasteiger partial charge in [0.25, 0.3) is 0 Å². The Morgan fingerprint density at radius 3 is 2.04 bits per heavy atom. The molecule has 2 aliphatic heterocycles. The maximum Gasteiger partial charge on any atom is 0.218 e. The monoisotopic (exact) mass is 630 g/mol. The summed E-state index contributed by atoms with van der Waals surface area (Å²) in [6.45, 7) is 4.20. The lowest BCUT2D eigenvalue weighted by atomic mass is 9.98. The normalized spacial score (nSPS) is 16.0. The van der Waals surface area contributed by atoms with E-state index in [9.17, 15) is 0 Å². The van der Waals surface area contributed by atoms with Gasteiger partial charge in [0.1, 0.15) is 17.3 Å². The number of nitrogens with one attached hydrogen (secondary N) is 2. The molecule has 0 aliphatic carbocycles. The molecular weight excluding hydrogens is 590 g/mol. The van der Waals surface area contributed by atoms with Crippen molar-refractivity contribution in [1.29, 1.82) is 0 Å². The van der Waals surface area contributed by atoms with Gasteiger partial charge in [-0.1, -0.05) is 30.3 Å². The minimum Gasteiger partial charge on any atom is -0.496 e. The number of pyridine rings is 2. The standard InChI is InChI=1S/C36H40F2N4O4/c1-43-32-20-23(6-7-24(32)21-40-26-11-16-45-17-12-26)35-34(38)29(10-15-39-35)28-4-3-5-30(33(28)37)31-9-8-25(36(42-31)44-2)22-41-27-13-18-46-19-14-27/h3-10,15,20,26-27,40-41H,11-14,16-19,21-22H2,1-2H3. The molecule has 0 amide bonds. The Balaban J connectivity index is 1.24. The SMILES string of the molecule is COc1cc(-c2nccc(-c3cccc(-c4ccc(CNC5CCOCC5)c(OC)n4)c3F)c2F)ccc1CNC1CCOCC1. The third-order valence-corrected chi connectivity index (χ3v) is 8.75. The highest BCUT2D eigenvalue weighted by molar-refractivity contribution is 5.77. The molecule has 0 spiro atoms. The van der Waals surface area contributed by atoms with E-state index in [0.717, 1.165) is 63.2 Å². The van der Waals surface area contributed by atoms with Crippen LogP contribution in [0.2, 0.25) is 0 Å². The second kappa shape index (κ2) is 15.1. The molecule has 2 aromatic carbocycles. The number of ether oxygens (including phenoxy) is 4. The van der Waals surface area contributed by atoms with E-state index in [1.165, 1.54) is 12.3 Å². The van der Waals surface area contributed by atoms with Crippen LogP contribution in [-0.4, -0.2) is 62.7 Å². The molecule has 2 saturated heterocycles. The van der Waals surface area contributed by atoms with Crippen LogP contribution in [0, 0.1) is 11.6 Å². The Morgan fingerprint density at radius 2 is 1.37 bits per heavy atom. The van der Waals surface area contributed by atoms with E-state index in [1.54, 1.807) is 44.6 Å². The molecule has 4 heterocycles. The second-order valence-electron chi connectivity index (χ2n) is 11.6. The summed E-state index contributed by atoms with van der Waals surface area (Å²) in [5.74, 6) is -0.148. The Labute approximate surface area is 268 Å². The van der Waals surface area contributed by atoms with E-state index in [4.69, 9.17) is 18.9 Å². The summed E-state index contributed by atoms with van der Waals surface area (Å²) in [6.07, 6.45) is 5.32. The fourth-order valence-corrected chi connectivity index (χ4v) is 6.07. The fourth-order valence-electron chi connectivity index (χ4n) is 6.07. The van der Waals surface area contributed by atoms with Gasteiger partial charge in [-0.3, -0.25) is 4.98 Å². The third-order valence-electron chi connectivity index (χ3n) is 8.75. The molecule has 0 radical (unpaired) electrons. The summed E-state index contributed by atoms with van der Waals surface area (Å²) in [4.78, 5) is 8.95. The Kier molecular flexibility index (Phi) is 10.5. The molecule has 0 atom stereocenters. The highest BCUT2D eigenvalue weighted by atomic mass is 19.1. The molecule has 2 aromatic heterocycles. The van der Waals surface area contributed by atoms with Crippen LogP contribution < -0.4 is 20.1 Å². The van der Waals surface area contributed by atoms with Gasteiger partial charge in [0.2, 0.25) is 5.88 Å². The van der Waals surface area contributed by atoms with Gasteiger partial charge >= 0.3 is 0 Å². The molecule has 0 saturated carbocycles. The van der Waals surface area contributed by atoms with E-state index >= 15 is 8.78 Å². The van der Waals surface area contributed by atoms with Gasteiger partial charge in [-0.15, -0.1) is 0 Å². The van der Waals surface area contributed by atoms with Crippen LogP contribution in [0.15, 0.2) is 60.8 Å². The number of rotatable bonds is 11. The van der Waals surface area contributed by atoms with E-state index in [-0.39, 0.29) is 22.4 Å². The number of benzene rings is 2. The molecule has 10 heteroatoms. The van der Waals surface area contributed by atoms with Crippen LogP contribution in [-0.2, 0) is 22.6 Å². The Morgan fingerprint density at radius 1 is 0.739 bits per heavy atom. The van der Waals surface area contributed by atoms with Crippen molar-refractivity contribution >= 4 is 0 Å². The van der Waals surface area contributed by atoms with Crippen LogP contribution in [0.5, 0.6) is 11.6 Å². The van der Waals surface area contributed by atoms with Crippen molar-refractivity contribution in [2.75, 3.05) is 40.6 Å². The first-order chi connectivity index (χ1) is 22.6. The molecule has 2 aliphatic rings. The average Bonchev–Trinajstić information content (AvgIpc) is 3.11. The first-order valence-corrected chi connectivity index (χ1v) is 15.8. The molecule has 46 heavy (non-hydrogen) atoms. The molecule has 8 nitrogen and oxygen atoms in total. The molecular formula is C36H40F2N4O4. The zero-order chi connectivity index (χ0) is 31.9. The van der Waals surface area contributed by atoms with Crippen molar-refractivity contribution in [3.8, 4) is 45.3 Å². The largest absolute Gasteiger partial charge is 0.496 e. The summed E-state index contributed by atoms with van der Waals surface area (Å²) in [7, 11) is 3.14. The second-order valence-corrected chi connectivity index (χ2v) is 11.6. The van der Waals surface area contributed by atoms with Crippen LogP contribution in [0.3, 0.4) is 0 Å². The lowest BCUT2D eigenvalue weighted by molar-refractivity contribution is 0.0774. The first kappa shape index (κ1) is 32.0. The Hall–Kier alpha value is -3.96. The minimum atomic E-state index is -0.617. The van der Waals surface area contributed by atoms with Crippen molar-refractivity contribution in [2.24, 2.45) is 0 Å². The van der Waals surface area contributed by atoms with Crippen molar-refractivity contribution in [1.82, 2.24) is 20.6 Å². The topological polar surface area (TPSA) is 86.8 Å². The number of methoxy groups -OCH3 is 2. The van der Waals surface area contributed by atoms with E-state index in [2.05, 4.69) is 20.6 Å². The van der Waals surface area contributed by atoms with Gasteiger partial charge in [0.05, 0.1) is 19.9 Å². The van der Waals surface area contributed by atoms with E-state index in [1.807, 2.05) is 18.2 Å².